The van der Waals surface area contributed by atoms with Gasteiger partial charge in [-0.1, -0.05) is 23.7 Å². The van der Waals surface area contributed by atoms with Crippen LogP contribution in [0.4, 0.5) is 10.1 Å². The van der Waals surface area contributed by atoms with Crippen molar-refractivity contribution in [3.8, 4) is 0 Å². The van der Waals surface area contributed by atoms with Crippen LogP contribution in [0.3, 0.4) is 0 Å². The van der Waals surface area contributed by atoms with Crippen LogP contribution in [-0.4, -0.2) is 56.3 Å². The molecule has 2 aromatic carbocycles. The number of piperazine rings is 1. The first-order valence-corrected chi connectivity index (χ1v) is 10.7. The Morgan fingerprint density at radius 3 is 2.32 bits per heavy atom. The fourth-order valence-electron chi connectivity index (χ4n) is 2.98. The van der Waals surface area contributed by atoms with E-state index in [-0.39, 0.29) is 17.2 Å². The molecule has 9 heteroatoms. The Morgan fingerprint density at radius 2 is 1.68 bits per heavy atom. The maximum absolute atomic E-state index is 13.0. The molecule has 150 valence electrons. The van der Waals surface area contributed by atoms with Crippen molar-refractivity contribution in [3.05, 3.63) is 59.4 Å². The smallest absolute Gasteiger partial charge is 0.243 e. The molecule has 0 saturated carbocycles. The maximum atomic E-state index is 13.0. The standard InChI is InChI=1S/C19H21ClFN3O3S/c20-17-3-1-2-4-18(17)22-19(25)9-10-23-11-13-24(14-12-23)28(26,27)16-7-5-15(21)6-8-16/h1-8H,9-14H2,(H,22,25). The Morgan fingerprint density at radius 1 is 1.04 bits per heavy atom. The van der Waals surface area contributed by atoms with Crippen molar-refractivity contribution in [2.45, 2.75) is 11.3 Å². The van der Waals surface area contributed by atoms with Crippen LogP contribution < -0.4 is 5.32 Å². The van der Waals surface area contributed by atoms with E-state index in [0.29, 0.717) is 43.4 Å². The zero-order chi connectivity index (χ0) is 20.1. The maximum Gasteiger partial charge on any atom is 0.243 e. The van der Waals surface area contributed by atoms with Crippen LogP contribution in [0.2, 0.25) is 5.02 Å². The van der Waals surface area contributed by atoms with Gasteiger partial charge in [0.05, 0.1) is 15.6 Å². The first kappa shape index (κ1) is 20.7. The van der Waals surface area contributed by atoms with E-state index in [1.807, 2.05) is 4.90 Å². The summed E-state index contributed by atoms with van der Waals surface area (Å²) in [5.41, 5.74) is 0.573. The van der Waals surface area contributed by atoms with Gasteiger partial charge in [0.1, 0.15) is 5.82 Å². The highest BCUT2D eigenvalue weighted by atomic mass is 35.5. The average molecular weight is 426 g/mol. The molecule has 2 aromatic rings. The summed E-state index contributed by atoms with van der Waals surface area (Å²) in [5, 5.41) is 3.26. The Kier molecular flexibility index (Phi) is 6.66. The third-order valence-electron chi connectivity index (χ3n) is 4.59. The fraction of sp³-hybridized carbons (Fsp3) is 0.316. The number of nitrogens with one attached hydrogen (secondary N) is 1. The van der Waals surface area contributed by atoms with E-state index < -0.39 is 15.8 Å². The number of anilines is 1. The number of nitrogens with zero attached hydrogens (tertiary/aromatic N) is 2. The number of hydrogen-bond donors (Lipinski definition) is 1. The number of para-hydroxylation sites is 1. The predicted molar refractivity (Wildman–Crippen MR) is 106 cm³/mol. The molecular weight excluding hydrogens is 405 g/mol. The second kappa shape index (κ2) is 9.00. The molecule has 0 aliphatic carbocycles. The van der Waals surface area contributed by atoms with Crippen LogP contribution in [0.5, 0.6) is 0 Å². The van der Waals surface area contributed by atoms with Gasteiger partial charge in [-0.2, -0.15) is 4.31 Å². The number of amides is 1. The van der Waals surface area contributed by atoms with Crippen molar-refractivity contribution in [2.24, 2.45) is 0 Å². The van der Waals surface area contributed by atoms with Crippen molar-refractivity contribution >= 4 is 33.2 Å². The first-order valence-electron chi connectivity index (χ1n) is 8.89. The minimum Gasteiger partial charge on any atom is -0.325 e. The lowest BCUT2D eigenvalue weighted by Gasteiger charge is -2.33. The molecule has 0 spiro atoms. The van der Waals surface area contributed by atoms with Crippen LogP contribution in [0.15, 0.2) is 53.4 Å². The lowest BCUT2D eigenvalue weighted by atomic mass is 10.3. The minimum atomic E-state index is -3.63. The predicted octanol–water partition coefficient (Wildman–Crippen LogP) is 2.81. The van der Waals surface area contributed by atoms with Gasteiger partial charge in [-0.05, 0) is 36.4 Å². The van der Waals surface area contributed by atoms with E-state index in [4.69, 9.17) is 11.6 Å². The zero-order valence-corrected chi connectivity index (χ0v) is 16.7. The summed E-state index contributed by atoms with van der Waals surface area (Å²) in [5.74, 6) is -0.617. The molecule has 1 N–H and O–H groups in total. The second-order valence-electron chi connectivity index (χ2n) is 6.48. The molecule has 1 aliphatic rings. The van der Waals surface area contributed by atoms with Crippen LogP contribution in [-0.2, 0) is 14.8 Å². The molecule has 0 atom stereocenters. The Labute approximate surface area is 168 Å². The molecular formula is C19H21ClFN3O3S. The van der Waals surface area contributed by atoms with Crippen LogP contribution in [0.25, 0.3) is 0 Å². The second-order valence-corrected chi connectivity index (χ2v) is 8.82. The Balaban J connectivity index is 1.48. The summed E-state index contributed by atoms with van der Waals surface area (Å²) in [7, 11) is -3.63. The van der Waals surface area contributed by atoms with Gasteiger partial charge in [0.15, 0.2) is 0 Å². The summed E-state index contributed by atoms with van der Waals surface area (Å²) < 4.78 is 39.6. The number of rotatable bonds is 6. The van der Waals surface area contributed by atoms with Crippen molar-refractivity contribution in [1.29, 1.82) is 0 Å². The lowest BCUT2D eigenvalue weighted by molar-refractivity contribution is -0.116. The van der Waals surface area contributed by atoms with E-state index in [2.05, 4.69) is 5.32 Å². The van der Waals surface area contributed by atoms with E-state index in [1.54, 1.807) is 24.3 Å². The average Bonchev–Trinajstić information content (AvgIpc) is 2.69. The Bertz CT molecular complexity index is 930. The van der Waals surface area contributed by atoms with Crippen LogP contribution >= 0.6 is 11.6 Å². The molecule has 1 saturated heterocycles. The van der Waals surface area contributed by atoms with E-state index in [1.165, 1.54) is 16.4 Å². The zero-order valence-electron chi connectivity index (χ0n) is 15.1. The molecule has 0 aromatic heterocycles. The first-order chi connectivity index (χ1) is 13.4. The van der Waals surface area contributed by atoms with Crippen molar-refractivity contribution in [3.63, 3.8) is 0 Å². The topological polar surface area (TPSA) is 69.7 Å². The molecule has 0 bridgehead atoms. The van der Waals surface area contributed by atoms with Gasteiger partial charge in [-0.3, -0.25) is 4.79 Å². The largest absolute Gasteiger partial charge is 0.325 e. The number of carbonyl (C=O) groups is 1. The Hall–Kier alpha value is -2.00. The molecule has 1 heterocycles. The summed E-state index contributed by atoms with van der Waals surface area (Å²) in [6.45, 7) is 2.23. The van der Waals surface area contributed by atoms with Gasteiger partial charge in [-0.15, -0.1) is 0 Å². The quantitative estimate of drug-likeness (QED) is 0.772. The number of halogens is 2. The molecule has 1 amide bonds. The summed E-state index contributed by atoms with van der Waals surface area (Å²) in [6.07, 6.45) is 0.288. The molecule has 1 aliphatic heterocycles. The number of carbonyl (C=O) groups excluding carboxylic acids is 1. The third kappa shape index (κ3) is 5.08. The molecule has 0 unspecified atom stereocenters. The van der Waals surface area contributed by atoms with Crippen molar-refractivity contribution in [2.75, 3.05) is 38.0 Å². The molecule has 1 fully saturated rings. The van der Waals surface area contributed by atoms with Crippen molar-refractivity contribution < 1.29 is 17.6 Å². The summed E-state index contributed by atoms with van der Waals surface area (Å²) in [4.78, 5) is 14.2. The van der Waals surface area contributed by atoms with E-state index in [9.17, 15) is 17.6 Å². The van der Waals surface area contributed by atoms with Gasteiger partial charge in [0.2, 0.25) is 15.9 Å². The third-order valence-corrected chi connectivity index (χ3v) is 6.83. The van der Waals surface area contributed by atoms with Crippen LogP contribution in [0.1, 0.15) is 6.42 Å². The van der Waals surface area contributed by atoms with Gasteiger partial charge >= 0.3 is 0 Å². The molecule has 6 nitrogen and oxygen atoms in total. The molecule has 28 heavy (non-hydrogen) atoms. The normalized spacial score (nSPS) is 16.1. The highest BCUT2D eigenvalue weighted by Crippen LogP contribution is 2.21. The van der Waals surface area contributed by atoms with Crippen LogP contribution in [0, 0.1) is 5.82 Å². The van der Waals surface area contributed by atoms with E-state index >= 15 is 0 Å². The highest BCUT2D eigenvalue weighted by molar-refractivity contribution is 7.89. The van der Waals surface area contributed by atoms with Gasteiger partial charge in [0, 0.05) is 39.1 Å². The molecule has 0 radical (unpaired) electrons. The summed E-state index contributed by atoms with van der Waals surface area (Å²) in [6, 6.07) is 11.9. The van der Waals surface area contributed by atoms with E-state index in [0.717, 1.165) is 12.1 Å². The number of benzene rings is 2. The highest BCUT2D eigenvalue weighted by Gasteiger charge is 2.28. The SMILES string of the molecule is O=C(CCN1CCN(S(=O)(=O)c2ccc(F)cc2)CC1)Nc1ccccc1Cl. The van der Waals surface area contributed by atoms with Gasteiger partial charge < -0.3 is 10.2 Å². The monoisotopic (exact) mass is 425 g/mol. The lowest BCUT2D eigenvalue weighted by Crippen LogP contribution is -2.49. The van der Waals surface area contributed by atoms with Gasteiger partial charge in [0.25, 0.3) is 0 Å². The number of sulfonamides is 1. The van der Waals surface area contributed by atoms with Gasteiger partial charge in [-0.25, -0.2) is 12.8 Å². The minimum absolute atomic E-state index is 0.0847. The molecule has 3 rings (SSSR count). The van der Waals surface area contributed by atoms with Crippen molar-refractivity contribution in [1.82, 2.24) is 9.21 Å². The fourth-order valence-corrected chi connectivity index (χ4v) is 4.59. The number of hydrogen-bond acceptors (Lipinski definition) is 4. The summed E-state index contributed by atoms with van der Waals surface area (Å²) >= 11 is 6.03.